The zero-order valence-electron chi connectivity index (χ0n) is 10.9. The summed E-state index contributed by atoms with van der Waals surface area (Å²) in [5.74, 6) is 0.394. The van der Waals surface area contributed by atoms with Crippen molar-refractivity contribution < 1.29 is 8.42 Å². The van der Waals surface area contributed by atoms with Crippen LogP contribution < -0.4 is 5.32 Å². The molecule has 0 amide bonds. The van der Waals surface area contributed by atoms with Crippen LogP contribution in [0, 0.1) is 6.92 Å². The average molecular weight is 276 g/mol. The van der Waals surface area contributed by atoms with Crippen molar-refractivity contribution >= 4 is 15.7 Å². The van der Waals surface area contributed by atoms with Gasteiger partial charge < -0.3 is 5.32 Å². The molecule has 19 heavy (non-hydrogen) atoms. The Hall–Kier alpha value is -1.88. The summed E-state index contributed by atoms with van der Waals surface area (Å²) in [5.41, 5.74) is 2.27. The van der Waals surface area contributed by atoms with E-state index in [9.17, 15) is 8.42 Å². The Morgan fingerprint density at radius 2 is 1.84 bits per heavy atom. The van der Waals surface area contributed by atoms with Crippen LogP contribution in [0.3, 0.4) is 0 Å². The molecule has 1 heterocycles. The quantitative estimate of drug-likeness (QED) is 0.931. The van der Waals surface area contributed by atoms with Crippen LogP contribution in [0.4, 0.5) is 5.82 Å². The van der Waals surface area contributed by atoms with Gasteiger partial charge in [-0.1, -0.05) is 29.8 Å². The van der Waals surface area contributed by atoms with Crippen molar-refractivity contribution in [1.29, 1.82) is 0 Å². The van der Waals surface area contributed by atoms with Crippen LogP contribution in [0.5, 0.6) is 0 Å². The molecular weight excluding hydrogens is 260 g/mol. The molecule has 4 nitrogen and oxygen atoms in total. The molecule has 0 aliphatic rings. The normalized spacial score (nSPS) is 11.3. The van der Waals surface area contributed by atoms with Gasteiger partial charge in [0, 0.05) is 19.0 Å². The Morgan fingerprint density at radius 3 is 2.47 bits per heavy atom. The van der Waals surface area contributed by atoms with E-state index in [-0.39, 0.29) is 4.90 Å². The molecule has 100 valence electrons. The Kier molecular flexibility index (Phi) is 3.85. The molecule has 0 saturated carbocycles. The second-order valence-electron chi connectivity index (χ2n) is 4.46. The molecule has 2 rings (SSSR count). The van der Waals surface area contributed by atoms with E-state index in [1.165, 1.54) is 11.8 Å². The monoisotopic (exact) mass is 276 g/mol. The van der Waals surface area contributed by atoms with Crippen molar-refractivity contribution in [3.05, 3.63) is 53.7 Å². The van der Waals surface area contributed by atoms with Crippen LogP contribution in [0.2, 0.25) is 0 Å². The summed E-state index contributed by atoms with van der Waals surface area (Å²) < 4.78 is 23.3. The number of pyridine rings is 1. The first-order valence-corrected chi connectivity index (χ1v) is 7.80. The highest BCUT2D eigenvalue weighted by atomic mass is 32.2. The Balaban J connectivity index is 2.18. The van der Waals surface area contributed by atoms with Gasteiger partial charge in [-0.05, 0) is 24.6 Å². The fourth-order valence-electron chi connectivity index (χ4n) is 1.71. The van der Waals surface area contributed by atoms with Crippen molar-refractivity contribution in [3.63, 3.8) is 0 Å². The molecule has 0 aliphatic heterocycles. The van der Waals surface area contributed by atoms with Crippen LogP contribution >= 0.6 is 0 Å². The number of anilines is 1. The van der Waals surface area contributed by atoms with Crippen molar-refractivity contribution in [1.82, 2.24) is 4.98 Å². The highest BCUT2D eigenvalue weighted by Gasteiger charge is 2.13. The van der Waals surface area contributed by atoms with Crippen molar-refractivity contribution in [2.75, 3.05) is 11.6 Å². The number of nitrogens with one attached hydrogen (secondary N) is 1. The molecule has 1 aromatic heterocycles. The summed E-state index contributed by atoms with van der Waals surface area (Å²) in [4.78, 5) is 4.31. The van der Waals surface area contributed by atoms with E-state index in [2.05, 4.69) is 10.3 Å². The maximum Gasteiger partial charge on any atom is 0.179 e. The molecule has 1 N–H and O–H groups in total. The van der Waals surface area contributed by atoms with E-state index in [4.69, 9.17) is 0 Å². The predicted molar refractivity (Wildman–Crippen MR) is 75.9 cm³/mol. The SMILES string of the molecule is Cc1ccc(CNc2ncccc2S(C)(=O)=O)cc1. The topological polar surface area (TPSA) is 59.1 Å². The number of aryl methyl sites for hydroxylation is 1. The summed E-state index contributed by atoms with van der Waals surface area (Å²) in [6.07, 6.45) is 2.76. The number of sulfone groups is 1. The fourth-order valence-corrected chi connectivity index (χ4v) is 2.52. The maximum absolute atomic E-state index is 11.6. The third kappa shape index (κ3) is 3.54. The summed E-state index contributed by atoms with van der Waals surface area (Å²) >= 11 is 0. The number of hydrogen-bond donors (Lipinski definition) is 1. The van der Waals surface area contributed by atoms with Gasteiger partial charge in [0.25, 0.3) is 0 Å². The molecule has 0 fully saturated rings. The lowest BCUT2D eigenvalue weighted by Crippen LogP contribution is -2.07. The molecule has 0 saturated heterocycles. The van der Waals surface area contributed by atoms with Gasteiger partial charge in [0.05, 0.1) is 0 Å². The lowest BCUT2D eigenvalue weighted by atomic mass is 10.1. The lowest BCUT2D eigenvalue weighted by molar-refractivity contribution is 0.601. The van der Waals surface area contributed by atoms with Gasteiger partial charge in [0.15, 0.2) is 9.84 Å². The minimum Gasteiger partial charge on any atom is -0.365 e. The average Bonchev–Trinajstić information content (AvgIpc) is 2.37. The van der Waals surface area contributed by atoms with Crippen molar-refractivity contribution in [2.24, 2.45) is 0 Å². The molecule has 0 aliphatic carbocycles. The van der Waals surface area contributed by atoms with Crippen molar-refractivity contribution in [2.45, 2.75) is 18.4 Å². The van der Waals surface area contributed by atoms with Crippen LogP contribution in [0.25, 0.3) is 0 Å². The lowest BCUT2D eigenvalue weighted by Gasteiger charge is -2.09. The van der Waals surface area contributed by atoms with Gasteiger partial charge in [0.2, 0.25) is 0 Å². The Morgan fingerprint density at radius 1 is 1.16 bits per heavy atom. The molecule has 5 heteroatoms. The van der Waals surface area contributed by atoms with E-state index >= 15 is 0 Å². The summed E-state index contributed by atoms with van der Waals surface area (Å²) in [7, 11) is -3.27. The fraction of sp³-hybridized carbons (Fsp3) is 0.214. The first kappa shape index (κ1) is 13.5. The first-order chi connectivity index (χ1) is 8.97. The van der Waals surface area contributed by atoms with E-state index in [0.717, 1.165) is 5.56 Å². The number of aromatic nitrogens is 1. The van der Waals surface area contributed by atoms with Crippen molar-refractivity contribution in [3.8, 4) is 0 Å². The van der Waals surface area contributed by atoms with Crippen LogP contribution in [-0.4, -0.2) is 19.7 Å². The highest BCUT2D eigenvalue weighted by molar-refractivity contribution is 7.90. The van der Waals surface area contributed by atoms with E-state index in [1.54, 1.807) is 18.3 Å². The second kappa shape index (κ2) is 5.40. The molecule has 0 spiro atoms. The molecule has 0 radical (unpaired) electrons. The summed E-state index contributed by atoms with van der Waals surface area (Å²) in [6, 6.07) is 11.2. The zero-order valence-corrected chi connectivity index (χ0v) is 11.7. The van der Waals surface area contributed by atoms with Crippen LogP contribution in [-0.2, 0) is 16.4 Å². The Bertz CT molecular complexity index is 664. The van der Waals surface area contributed by atoms with Crippen LogP contribution in [0.15, 0.2) is 47.5 Å². The number of benzene rings is 1. The predicted octanol–water partition coefficient (Wildman–Crippen LogP) is 2.41. The molecule has 2 aromatic rings. The summed E-state index contributed by atoms with van der Waals surface area (Å²) in [6.45, 7) is 2.57. The van der Waals surface area contributed by atoms with Gasteiger partial charge in [-0.2, -0.15) is 0 Å². The van der Waals surface area contributed by atoms with Gasteiger partial charge in [-0.25, -0.2) is 13.4 Å². The highest BCUT2D eigenvalue weighted by Crippen LogP contribution is 2.18. The summed E-state index contributed by atoms with van der Waals surface area (Å²) in [5, 5.41) is 3.07. The van der Waals surface area contributed by atoms with E-state index in [0.29, 0.717) is 12.4 Å². The molecule has 0 bridgehead atoms. The van der Waals surface area contributed by atoms with Crippen LogP contribution in [0.1, 0.15) is 11.1 Å². The second-order valence-corrected chi connectivity index (χ2v) is 6.45. The number of rotatable bonds is 4. The minimum absolute atomic E-state index is 0.224. The number of hydrogen-bond acceptors (Lipinski definition) is 4. The third-order valence-electron chi connectivity index (χ3n) is 2.75. The standard InChI is InChI=1S/C14H16N2O2S/c1-11-5-7-12(8-6-11)10-16-14-13(19(2,17)18)4-3-9-15-14/h3-9H,10H2,1-2H3,(H,15,16). The largest absolute Gasteiger partial charge is 0.365 e. The Labute approximate surface area is 113 Å². The smallest absolute Gasteiger partial charge is 0.179 e. The minimum atomic E-state index is -3.27. The maximum atomic E-state index is 11.6. The first-order valence-electron chi connectivity index (χ1n) is 5.91. The molecule has 1 aromatic carbocycles. The van der Waals surface area contributed by atoms with Gasteiger partial charge in [-0.3, -0.25) is 0 Å². The van der Waals surface area contributed by atoms with E-state index in [1.807, 2.05) is 31.2 Å². The van der Waals surface area contributed by atoms with E-state index < -0.39 is 9.84 Å². The van der Waals surface area contributed by atoms with Gasteiger partial charge in [-0.15, -0.1) is 0 Å². The molecule has 0 unspecified atom stereocenters. The zero-order chi connectivity index (χ0) is 13.9. The van der Waals surface area contributed by atoms with Gasteiger partial charge in [0.1, 0.15) is 10.7 Å². The molecule has 0 atom stereocenters. The molecular formula is C14H16N2O2S. The number of nitrogens with zero attached hydrogens (tertiary/aromatic N) is 1. The third-order valence-corrected chi connectivity index (χ3v) is 3.88. The van der Waals surface area contributed by atoms with Gasteiger partial charge >= 0.3 is 0 Å².